The van der Waals surface area contributed by atoms with Crippen molar-refractivity contribution < 1.29 is 14.3 Å². The summed E-state index contributed by atoms with van der Waals surface area (Å²) in [5, 5.41) is 8.20. The Kier molecular flexibility index (Phi) is 3.24. The second-order valence-corrected chi connectivity index (χ2v) is 3.89. The fourth-order valence-corrected chi connectivity index (χ4v) is 1.85. The van der Waals surface area contributed by atoms with E-state index in [4.69, 9.17) is 28.3 Å². The Hall–Kier alpha value is -0.650. The standard InChI is InChI=1S/C6H2Cl2FNO2S/c7-4-3(13-6(8)10-4)1-2(9)5(11)12/h1H,(H,11,12). The Bertz CT molecular complexity index is 377. The van der Waals surface area contributed by atoms with Crippen LogP contribution in [-0.2, 0) is 4.79 Å². The molecule has 0 aliphatic rings. The van der Waals surface area contributed by atoms with Crippen LogP contribution in [0.2, 0.25) is 9.62 Å². The molecule has 0 saturated carbocycles. The fraction of sp³-hybridized carbons (Fsp3) is 0. The predicted octanol–water partition coefficient (Wildman–Crippen LogP) is 2.84. The molecule has 1 rings (SSSR count). The number of carboxylic acids is 1. The molecule has 3 nitrogen and oxygen atoms in total. The summed E-state index contributed by atoms with van der Waals surface area (Å²) in [6, 6.07) is 0. The van der Waals surface area contributed by atoms with Crippen LogP contribution in [0.25, 0.3) is 6.08 Å². The molecule has 1 heterocycles. The first-order chi connectivity index (χ1) is 6.00. The van der Waals surface area contributed by atoms with Crippen molar-refractivity contribution in [2.75, 3.05) is 0 Å². The zero-order chi connectivity index (χ0) is 10.0. The summed E-state index contributed by atoms with van der Waals surface area (Å²) in [4.78, 5) is 13.8. The topological polar surface area (TPSA) is 50.2 Å². The normalized spacial score (nSPS) is 11.8. The van der Waals surface area contributed by atoms with E-state index in [0.717, 1.165) is 17.4 Å². The van der Waals surface area contributed by atoms with Gasteiger partial charge in [-0.2, -0.15) is 4.39 Å². The minimum absolute atomic E-state index is 0.00796. The molecule has 70 valence electrons. The van der Waals surface area contributed by atoms with Crippen molar-refractivity contribution in [2.24, 2.45) is 0 Å². The number of aromatic nitrogens is 1. The molecule has 0 bridgehead atoms. The van der Waals surface area contributed by atoms with Crippen LogP contribution in [0, 0.1) is 0 Å². The molecular weight excluding hydrogens is 240 g/mol. The van der Waals surface area contributed by atoms with Gasteiger partial charge in [0, 0.05) is 6.08 Å². The number of carbonyl (C=O) groups is 1. The number of carboxylic acid groups (broad SMARTS) is 1. The number of aliphatic carboxylic acids is 1. The monoisotopic (exact) mass is 241 g/mol. The van der Waals surface area contributed by atoms with Crippen molar-refractivity contribution in [3.05, 3.63) is 20.3 Å². The maximum Gasteiger partial charge on any atom is 0.364 e. The Morgan fingerprint density at radius 3 is 2.62 bits per heavy atom. The van der Waals surface area contributed by atoms with Gasteiger partial charge in [-0.05, 0) is 0 Å². The van der Waals surface area contributed by atoms with Crippen molar-refractivity contribution >= 4 is 46.6 Å². The molecule has 0 unspecified atom stereocenters. The highest BCUT2D eigenvalue weighted by molar-refractivity contribution is 7.17. The molecule has 0 aromatic carbocycles. The van der Waals surface area contributed by atoms with E-state index >= 15 is 0 Å². The highest BCUT2D eigenvalue weighted by Gasteiger charge is 2.10. The predicted molar refractivity (Wildman–Crippen MR) is 48.9 cm³/mol. The lowest BCUT2D eigenvalue weighted by Gasteiger charge is -1.86. The number of hydrogen-bond donors (Lipinski definition) is 1. The van der Waals surface area contributed by atoms with Gasteiger partial charge >= 0.3 is 5.97 Å². The molecular formula is C6H2Cl2FNO2S. The van der Waals surface area contributed by atoms with Gasteiger partial charge in [-0.15, -0.1) is 11.3 Å². The van der Waals surface area contributed by atoms with Crippen LogP contribution in [-0.4, -0.2) is 16.1 Å². The van der Waals surface area contributed by atoms with E-state index in [1.165, 1.54) is 0 Å². The summed E-state index contributed by atoms with van der Waals surface area (Å²) in [6.07, 6.45) is 0.772. The molecule has 0 radical (unpaired) electrons. The molecule has 7 heteroatoms. The van der Waals surface area contributed by atoms with Crippen LogP contribution in [0.4, 0.5) is 4.39 Å². The Labute approximate surface area is 86.4 Å². The summed E-state index contributed by atoms with van der Waals surface area (Å²) in [6.45, 7) is 0. The van der Waals surface area contributed by atoms with E-state index in [2.05, 4.69) is 4.98 Å². The van der Waals surface area contributed by atoms with E-state index in [-0.39, 0.29) is 14.5 Å². The SMILES string of the molecule is O=C(O)C(F)=Cc1sc(Cl)nc1Cl. The van der Waals surface area contributed by atoms with Gasteiger partial charge in [-0.1, -0.05) is 23.2 Å². The van der Waals surface area contributed by atoms with Gasteiger partial charge in [0.1, 0.15) is 5.15 Å². The number of thiazole rings is 1. The first-order valence-electron chi connectivity index (χ1n) is 2.93. The van der Waals surface area contributed by atoms with Gasteiger partial charge in [0.05, 0.1) is 4.88 Å². The Morgan fingerprint density at radius 2 is 2.23 bits per heavy atom. The zero-order valence-corrected chi connectivity index (χ0v) is 8.25. The minimum Gasteiger partial charge on any atom is -0.476 e. The molecule has 0 aliphatic heterocycles. The smallest absolute Gasteiger partial charge is 0.364 e. The number of rotatable bonds is 2. The summed E-state index contributed by atoms with van der Waals surface area (Å²) in [5.41, 5.74) is 0. The maximum absolute atomic E-state index is 12.5. The first kappa shape index (κ1) is 10.4. The largest absolute Gasteiger partial charge is 0.476 e. The molecule has 0 atom stereocenters. The van der Waals surface area contributed by atoms with Gasteiger partial charge in [0.2, 0.25) is 5.83 Å². The average molecular weight is 242 g/mol. The van der Waals surface area contributed by atoms with Crippen molar-refractivity contribution in [1.29, 1.82) is 0 Å². The molecule has 1 aromatic rings. The van der Waals surface area contributed by atoms with Gasteiger partial charge in [-0.3, -0.25) is 0 Å². The minimum atomic E-state index is -1.65. The second-order valence-electron chi connectivity index (χ2n) is 1.92. The van der Waals surface area contributed by atoms with E-state index < -0.39 is 11.8 Å². The van der Waals surface area contributed by atoms with Crippen molar-refractivity contribution in [1.82, 2.24) is 4.98 Å². The van der Waals surface area contributed by atoms with Gasteiger partial charge in [-0.25, -0.2) is 9.78 Å². The van der Waals surface area contributed by atoms with E-state index in [1.54, 1.807) is 0 Å². The Morgan fingerprint density at radius 1 is 1.62 bits per heavy atom. The fourth-order valence-electron chi connectivity index (χ4n) is 0.554. The van der Waals surface area contributed by atoms with Crippen LogP contribution in [0.5, 0.6) is 0 Å². The van der Waals surface area contributed by atoms with Crippen LogP contribution >= 0.6 is 34.5 Å². The lowest BCUT2D eigenvalue weighted by molar-refractivity contribution is -0.134. The molecule has 0 saturated heterocycles. The number of halogens is 3. The second kappa shape index (κ2) is 4.04. The van der Waals surface area contributed by atoms with Gasteiger partial charge in [0.15, 0.2) is 4.47 Å². The third-order valence-electron chi connectivity index (χ3n) is 1.05. The lowest BCUT2D eigenvalue weighted by Crippen LogP contribution is -1.93. The molecule has 1 N–H and O–H groups in total. The average Bonchev–Trinajstić information content (AvgIpc) is 2.30. The maximum atomic E-state index is 12.5. The van der Waals surface area contributed by atoms with Crippen molar-refractivity contribution in [2.45, 2.75) is 0 Å². The molecule has 0 spiro atoms. The summed E-state index contributed by atoms with van der Waals surface area (Å²) >= 11 is 11.9. The molecule has 0 amide bonds. The van der Waals surface area contributed by atoms with E-state index in [9.17, 15) is 9.18 Å². The van der Waals surface area contributed by atoms with E-state index in [1.807, 2.05) is 0 Å². The van der Waals surface area contributed by atoms with E-state index in [0.29, 0.717) is 0 Å². The Balaban J connectivity index is 3.03. The van der Waals surface area contributed by atoms with Crippen LogP contribution in [0.3, 0.4) is 0 Å². The quantitative estimate of drug-likeness (QED) is 0.811. The first-order valence-corrected chi connectivity index (χ1v) is 4.50. The number of hydrogen-bond acceptors (Lipinski definition) is 3. The summed E-state index contributed by atoms with van der Waals surface area (Å²) in [5.74, 6) is -2.96. The van der Waals surface area contributed by atoms with Crippen LogP contribution in [0.1, 0.15) is 4.88 Å². The highest BCUT2D eigenvalue weighted by atomic mass is 35.5. The molecule has 13 heavy (non-hydrogen) atoms. The zero-order valence-electron chi connectivity index (χ0n) is 5.92. The molecule has 1 aromatic heterocycles. The van der Waals surface area contributed by atoms with Crippen LogP contribution < -0.4 is 0 Å². The van der Waals surface area contributed by atoms with Gasteiger partial charge in [0.25, 0.3) is 0 Å². The third-order valence-corrected chi connectivity index (χ3v) is 2.55. The highest BCUT2D eigenvalue weighted by Crippen LogP contribution is 2.28. The van der Waals surface area contributed by atoms with Gasteiger partial charge < -0.3 is 5.11 Å². The van der Waals surface area contributed by atoms with Crippen molar-refractivity contribution in [3.63, 3.8) is 0 Å². The van der Waals surface area contributed by atoms with Crippen molar-refractivity contribution in [3.8, 4) is 0 Å². The summed E-state index contributed by atoms with van der Waals surface area (Å²) < 4.78 is 12.7. The lowest BCUT2D eigenvalue weighted by atomic mass is 10.4. The third kappa shape index (κ3) is 2.65. The molecule has 0 aliphatic carbocycles. The number of nitrogens with zero attached hydrogens (tertiary/aromatic N) is 1. The summed E-state index contributed by atoms with van der Waals surface area (Å²) in [7, 11) is 0. The van der Waals surface area contributed by atoms with Crippen LogP contribution in [0.15, 0.2) is 5.83 Å². The molecule has 0 fully saturated rings.